The van der Waals surface area contributed by atoms with Crippen LogP contribution in [-0.4, -0.2) is 37.9 Å². The molecule has 2 aliphatic heterocycles. The third-order valence-corrected chi connectivity index (χ3v) is 4.18. The molecule has 2 saturated heterocycles. The molecule has 2 aliphatic rings. The van der Waals surface area contributed by atoms with Gasteiger partial charge in [-0.1, -0.05) is 23.2 Å². The number of carbonyl (C=O) groups is 1. The van der Waals surface area contributed by atoms with E-state index in [0.29, 0.717) is 36.2 Å². The van der Waals surface area contributed by atoms with Crippen LogP contribution >= 0.6 is 23.2 Å². The summed E-state index contributed by atoms with van der Waals surface area (Å²) < 4.78 is 5.30. The van der Waals surface area contributed by atoms with E-state index in [0.717, 1.165) is 5.56 Å². The van der Waals surface area contributed by atoms with Crippen molar-refractivity contribution in [1.29, 1.82) is 0 Å². The first-order chi connectivity index (χ1) is 10.6. The van der Waals surface area contributed by atoms with E-state index in [-0.39, 0.29) is 24.2 Å². The lowest BCUT2D eigenvalue weighted by atomic mass is 10.0. The number of rotatable bonds is 3. The molecule has 1 aromatic carbocycles. The van der Waals surface area contributed by atoms with Gasteiger partial charge in [-0.15, -0.1) is 0 Å². The Labute approximate surface area is 138 Å². The van der Waals surface area contributed by atoms with Gasteiger partial charge < -0.3 is 15.4 Å². The summed E-state index contributed by atoms with van der Waals surface area (Å²) in [5, 5.41) is 7.28. The smallest absolute Gasteiger partial charge is 0.240 e. The van der Waals surface area contributed by atoms with Crippen molar-refractivity contribution in [3.05, 3.63) is 33.8 Å². The number of hydrazine groups is 1. The van der Waals surface area contributed by atoms with Crippen LogP contribution in [0, 0.1) is 0 Å². The molecule has 2 heterocycles. The van der Waals surface area contributed by atoms with E-state index < -0.39 is 0 Å². The molecule has 8 heteroatoms. The third kappa shape index (κ3) is 3.90. The molecule has 0 bridgehead atoms. The number of hydrogen-bond donors (Lipinski definition) is 4. The maximum atomic E-state index is 12.1. The normalized spacial score (nSPS) is 28.5. The third-order valence-electron chi connectivity index (χ3n) is 3.75. The van der Waals surface area contributed by atoms with Gasteiger partial charge in [-0.25, -0.2) is 10.9 Å². The molecule has 0 aromatic heterocycles. The summed E-state index contributed by atoms with van der Waals surface area (Å²) in [7, 11) is 0. The number of carbonyl (C=O) groups excluding carboxylic acids is 1. The van der Waals surface area contributed by atoms with Crippen molar-refractivity contribution in [3.8, 4) is 0 Å². The monoisotopic (exact) mass is 344 g/mol. The minimum atomic E-state index is -0.296. The number of nitrogens with one attached hydrogen (secondary N) is 4. The molecule has 3 rings (SSSR count). The highest BCUT2D eigenvalue weighted by atomic mass is 35.5. The first-order valence-corrected chi connectivity index (χ1v) is 7.96. The van der Waals surface area contributed by atoms with E-state index in [1.54, 1.807) is 6.07 Å². The Balaban J connectivity index is 1.56. The summed E-state index contributed by atoms with van der Waals surface area (Å²) in [6, 6.07) is 5.18. The molecule has 0 saturated carbocycles. The fourth-order valence-electron chi connectivity index (χ4n) is 2.65. The van der Waals surface area contributed by atoms with Crippen LogP contribution in [0.4, 0.5) is 0 Å². The van der Waals surface area contributed by atoms with Gasteiger partial charge in [0.05, 0.1) is 19.4 Å². The molecule has 0 aliphatic carbocycles. The first kappa shape index (κ1) is 16.0. The number of hydrogen-bond acceptors (Lipinski definition) is 5. The summed E-state index contributed by atoms with van der Waals surface area (Å²) in [4.78, 5) is 12.1. The molecule has 2 fully saturated rings. The molecular formula is C14H18Cl2N4O2. The standard InChI is InChI=1S/C14H18Cl2N4O2/c15-9-3-8(4-10(16)5-9)11-6-13(20-19-11)18-14(21)12-7-22-2-1-17-12/h3-5,11-13,17,19-20H,1-2,6-7H2,(H,18,21). The van der Waals surface area contributed by atoms with Crippen molar-refractivity contribution >= 4 is 29.1 Å². The highest BCUT2D eigenvalue weighted by molar-refractivity contribution is 6.34. The Morgan fingerprint density at radius 3 is 2.68 bits per heavy atom. The number of ether oxygens (including phenoxy) is 1. The van der Waals surface area contributed by atoms with Crippen molar-refractivity contribution in [3.63, 3.8) is 0 Å². The summed E-state index contributed by atoms with van der Waals surface area (Å²) >= 11 is 12.1. The lowest BCUT2D eigenvalue weighted by Crippen LogP contribution is -2.55. The summed E-state index contributed by atoms with van der Waals surface area (Å²) in [6.07, 6.45) is 0.551. The fraction of sp³-hybridized carbons (Fsp3) is 0.500. The average Bonchev–Trinajstić information content (AvgIpc) is 2.96. The van der Waals surface area contributed by atoms with Gasteiger partial charge in [-0.05, 0) is 23.8 Å². The van der Waals surface area contributed by atoms with Crippen molar-refractivity contribution in [2.45, 2.75) is 24.7 Å². The number of morpholine rings is 1. The van der Waals surface area contributed by atoms with Gasteiger partial charge >= 0.3 is 0 Å². The zero-order chi connectivity index (χ0) is 15.5. The van der Waals surface area contributed by atoms with Crippen LogP contribution in [0.25, 0.3) is 0 Å². The molecule has 22 heavy (non-hydrogen) atoms. The minimum absolute atomic E-state index is 0.0389. The van der Waals surface area contributed by atoms with Gasteiger partial charge in [0.1, 0.15) is 6.04 Å². The summed E-state index contributed by atoms with van der Waals surface area (Å²) in [6.45, 7) is 1.74. The van der Waals surface area contributed by atoms with Crippen LogP contribution in [0.15, 0.2) is 18.2 Å². The molecule has 1 amide bonds. The molecule has 3 atom stereocenters. The van der Waals surface area contributed by atoms with Crippen LogP contribution in [0.2, 0.25) is 10.0 Å². The van der Waals surface area contributed by atoms with E-state index >= 15 is 0 Å². The van der Waals surface area contributed by atoms with Gasteiger partial charge in [-0.2, -0.15) is 0 Å². The molecule has 1 aromatic rings. The Kier molecular flexibility index (Phi) is 5.18. The van der Waals surface area contributed by atoms with Gasteiger partial charge in [0, 0.05) is 29.1 Å². The van der Waals surface area contributed by atoms with Gasteiger partial charge in [0.2, 0.25) is 5.91 Å². The maximum Gasteiger partial charge on any atom is 0.240 e. The summed E-state index contributed by atoms with van der Waals surface area (Å²) in [5.41, 5.74) is 7.22. The highest BCUT2D eigenvalue weighted by Crippen LogP contribution is 2.27. The average molecular weight is 345 g/mol. The number of halogens is 2. The van der Waals surface area contributed by atoms with Crippen LogP contribution in [0.3, 0.4) is 0 Å². The second-order valence-corrected chi connectivity index (χ2v) is 6.30. The molecule has 6 nitrogen and oxygen atoms in total. The zero-order valence-electron chi connectivity index (χ0n) is 11.9. The molecule has 0 radical (unpaired) electrons. The lowest BCUT2D eigenvalue weighted by molar-refractivity contribution is -0.126. The van der Waals surface area contributed by atoms with E-state index in [2.05, 4.69) is 21.5 Å². The Morgan fingerprint density at radius 1 is 1.23 bits per heavy atom. The minimum Gasteiger partial charge on any atom is -0.378 e. The van der Waals surface area contributed by atoms with Crippen LogP contribution in [0.5, 0.6) is 0 Å². The van der Waals surface area contributed by atoms with Gasteiger partial charge in [-0.3, -0.25) is 4.79 Å². The molecule has 120 valence electrons. The predicted octanol–water partition coefficient (Wildman–Crippen LogP) is 0.963. The quantitative estimate of drug-likeness (QED) is 0.657. The largest absolute Gasteiger partial charge is 0.378 e. The van der Waals surface area contributed by atoms with E-state index in [9.17, 15) is 4.79 Å². The summed E-state index contributed by atoms with van der Waals surface area (Å²) in [5.74, 6) is -0.0659. The van der Waals surface area contributed by atoms with E-state index in [4.69, 9.17) is 27.9 Å². The van der Waals surface area contributed by atoms with Crippen LogP contribution in [0.1, 0.15) is 18.0 Å². The molecule has 3 unspecified atom stereocenters. The highest BCUT2D eigenvalue weighted by Gasteiger charge is 2.29. The topological polar surface area (TPSA) is 74.4 Å². The maximum absolute atomic E-state index is 12.1. The van der Waals surface area contributed by atoms with E-state index in [1.165, 1.54) is 0 Å². The second-order valence-electron chi connectivity index (χ2n) is 5.42. The Hall–Kier alpha value is -0.890. The number of benzene rings is 1. The fourth-order valence-corrected chi connectivity index (χ4v) is 3.19. The van der Waals surface area contributed by atoms with Gasteiger partial charge in [0.25, 0.3) is 0 Å². The molecular weight excluding hydrogens is 327 g/mol. The lowest BCUT2D eigenvalue weighted by Gasteiger charge is -2.24. The molecule has 0 spiro atoms. The zero-order valence-corrected chi connectivity index (χ0v) is 13.4. The van der Waals surface area contributed by atoms with Crippen molar-refractivity contribution < 1.29 is 9.53 Å². The number of amides is 1. The second kappa shape index (κ2) is 7.12. The Bertz CT molecular complexity index is 531. The SMILES string of the molecule is O=C(NC1CC(c2cc(Cl)cc(Cl)c2)NN1)C1COCCN1. The van der Waals surface area contributed by atoms with Crippen LogP contribution < -0.4 is 21.5 Å². The van der Waals surface area contributed by atoms with Crippen molar-refractivity contribution in [2.24, 2.45) is 0 Å². The predicted molar refractivity (Wildman–Crippen MR) is 84.6 cm³/mol. The first-order valence-electron chi connectivity index (χ1n) is 7.20. The van der Waals surface area contributed by atoms with Crippen LogP contribution in [-0.2, 0) is 9.53 Å². The van der Waals surface area contributed by atoms with Crippen molar-refractivity contribution in [1.82, 2.24) is 21.5 Å². The molecule has 4 N–H and O–H groups in total. The van der Waals surface area contributed by atoms with Gasteiger partial charge in [0.15, 0.2) is 0 Å². The Morgan fingerprint density at radius 2 is 2.00 bits per heavy atom. The van der Waals surface area contributed by atoms with Crippen molar-refractivity contribution in [2.75, 3.05) is 19.8 Å². The van der Waals surface area contributed by atoms with E-state index in [1.807, 2.05) is 12.1 Å².